The molecule has 1 aliphatic heterocycles. The number of benzene rings is 2. The van der Waals surface area contributed by atoms with E-state index in [4.69, 9.17) is 0 Å². The maximum absolute atomic E-state index is 13.8. The predicted molar refractivity (Wildman–Crippen MR) is 85.5 cm³/mol. The molecule has 2 N–H and O–H groups in total. The lowest BCUT2D eigenvalue weighted by molar-refractivity contribution is -0.694. The number of quaternary nitrogens is 1. The Kier molecular flexibility index (Phi) is 3.99. The van der Waals surface area contributed by atoms with Crippen LogP contribution in [-0.4, -0.2) is 24.8 Å². The van der Waals surface area contributed by atoms with Gasteiger partial charge in [-0.2, -0.15) is 0 Å². The zero-order chi connectivity index (χ0) is 17.4. The number of rotatable bonds is 3. The van der Waals surface area contributed by atoms with Gasteiger partial charge in [-0.05, 0) is 36.2 Å². The summed E-state index contributed by atoms with van der Waals surface area (Å²) < 4.78 is 13.8. The number of carbonyl (C=O) groups excluding carboxylic acids is 3. The highest BCUT2D eigenvalue weighted by Crippen LogP contribution is 2.20. The number of halogens is 1. The number of fused-ring (bicyclic) bond motifs is 1. The molecule has 6 heteroatoms. The van der Waals surface area contributed by atoms with E-state index in [2.05, 4.69) is 5.32 Å². The number of carbonyl (C=O) groups is 3. The number of hydrogen-bond acceptors (Lipinski definition) is 3. The van der Waals surface area contributed by atoms with E-state index in [-0.39, 0.29) is 34.4 Å². The molecule has 5 nitrogen and oxygen atoms in total. The van der Waals surface area contributed by atoms with Gasteiger partial charge < -0.3 is 5.32 Å². The first kappa shape index (κ1) is 16.0. The van der Waals surface area contributed by atoms with Gasteiger partial charge in [-0.15, -0.1) is 0 Å². The van der Waals surface area contributed by atoms with E-state index in [1.165, 1.54) is 19.2 Å². The van der Waals surface area contributed by atoms with Crippen molar-refractivity contribution in [3.63, 3.8) is 0 Å². The number of aryl methyl sites for hydroxylation is 1. The average molecular weight is 327 g/mol. The SMILES string of the molecule is Cc1ccc(NC(=O)Cc2cccc3c2C(=O)[NH+](C)C3=O)c(F)c1. The van der Waals surface area contributed by atoms with Crippen LogP contribution in [0.3, 0.4) is 0 Å². The predicted octanol–water partition coefficient (Wildman–Crippen LogP) is 1.12. The minimum atomic E-state index is -0.517. The Bertz CT molecular complexity index is 877. The van der Waals surface area contributed by atoms with Crippen LogP contribution in [-0.2, 0) is 11.2 Å². The Labute approximate surface area is 138 Å². The molecule has 1 heterocycles. The number of amides is 3. The Morgan fingerprint density at radius 2 is 1.92 bits per heavy atom. The van der Waals surface area contributed by atoms with Crippen molar-refractivity contribution in [3.8, 4) is 0 Å². The van der Waals surface area contributed by atoms with Crippen molar-refractivity contribution < 1.29 is 23.7 Å². The van der Waals surface area contributed by atoms with E-state index >= 15 is 0 Å². The van der Waals surface area contributed by atoms with Crippen LogP contribution in [0.25, 0.3) is 0 Å². The Balaban J connectivity index is 1.84. The van der Waals surface area contributed by atoms with Gasteiger partial charge in [-0.1, -0.05) is 18.2 Å². The largest absolute Gasteiger partial charge is 0.352 e. The molecule has 1 aliphatic rings. The molecule has 24 heavy (non-hydrogen) atoms. The fourth-order valence-electron chi connectivity index (χ4n) is 2.79. The molecule has 0 aliphatic carbocycles. The van der Waals surface area contributed by atoms with Gasteiger partial charge in [-0.25, -0.2) is 18.9 Å². The highest BCUT2D eigenvalue weighted by atomic mass is 19.1. The van der Waals surface area contributed by atoms with Gasteiger partial charge in [0.1, 0.15) is 11.4 Å². The zero-order valence-corrected chi connectivity index (χ0v) is 13.3. The summed E-state index contributed by atoms with van der Waals surface area (Å²) >= 11 is 0. The molecular formula is C18H16FN2O3+. The summed E-state index contributed by atoms with van der Waals surface area (Å²) in [7, 11) is 1.48. The van der Waals surface area contributed by atoms with Gasteiger partial charge in [0.2, 0.25) is 5.91 Å². The van der Waals surface area contributed by atoms with Gasteiger partial charge in [0.05, 0.1) is 24.7 Å². The molecule has 0 radical (unpaired) electrons. The molecule has 0 saturated heterocycles. The lowest BCUT2D eigenvalue weighted by Gasteiger charge is -2.08. The van der Waals surface area contributed by atoms with Gasteiger partial charge in [-0.3, -0.25) is 4.79 Å². The van der Waals surface area contributed by atoms with Crippen LogP contribution in [0.2, 0.25) is 0 Å². The highest BCUT2D eigenvalue weighted by molar-refractivity contribution is 6.12. The van der Waals surface area contributed by atoms with Crippen molar-refractivity contribution in [3.05, 3.63) is 64.5 Å². The second kappa shape index (κ2) is 5.98. The minimum Gasteiger partial charge on any atom is -0.323 e. The molecular weight excluding hydrogens is 311 g/mol. The molecule has 1 atom stereocenters. The molecule has 0 aromatic heterocycles. The van der Waals surface area contributed by atoms with Gasteiger partial charge in [0.25, 0.3) is 0 Å². The maximum Gasteiger partial charge on any atom is 0.352 e. The van der Waals surface area contributed by atoms with Crippen LogP contribution in [0.5, 0.6) is 0 Å². The van der Waals surface area contributed by atoms with Crippen molar-refractivity contribution in [2.24, 2.45) is 0 Å². The summed E-state index contributed by atoms with van der Waals surface area (Å²) in [5, 5.41) is 2.50. The molecule has 3 amide bonds. The molecule has 0 spiro atoms. The number of anilines is 1. The van der Waals surface area contributed by atoms with Crippen LogP contribution in [0.1, 0.15) is 31.8 Å². The summed E-state index contributed by atoms with van der Waals surface area (Å²) in [6.45, 7) is 1.75. The lowest BCUT2D eigenvalue weighted by atomic mass is 10.00. The maximum atomic E-state index is 13.8. The smallest absolute Gasteiger partial charge is 0.323 e. The van der Waals surface area contributed by atoms with Crippen molar-refractivity contribution in [2.75, 3.05) is 12.4 Å². The number of hydrogen-bond donors (Lipinski definition) is 2. The van der Waals surface area contributed by atoms with Crippen LogP contribution < -0.4 is 10.2 Å². The van der Waals surface area contributed by atoms with Crippen molar-refractivity contribution in [1.29, 1.82) is 0 Å². The Hall–Kier alpha value is -2.86. The molecule has 0 bridgehead atoms. The second-order valence-electron chi connectivity index (χ2n) is 5.83. The van der Waals surface area contributed by atoms with Crippen LogP contribution in [0.4, 0.5) is 10.1 Å². The van der Waals surface area contributed by atoms with E-state index in [0.29, 0.717) is 11.1 Å². The quantitative estimate of drug-likeness (QED) is 0.831. The Morgan fingerprint density at radius 1 is 1.17 bits per heavy atom. The zero-order valence-electron chi connectivity index (χ0n) is 13.3. The molecule has 2 aromatic rings. The summed E-state index contributed by atoms with van der Waals surface area (Å²) in [5.41, 5.74) is 1.90. The first-order valence-electron chi connectivity index (χ1n) is 7.49. The lowest BCUT2D eigenvalue weighted by Crippen LogP contribution is -3.12. The second-order valence-corrected chi connectivity index (χ2v) is 5.83. The van der Waals surface area contributed by atoms with Crippen LogP contribution >= 0.6 is 0 Å². The average Bonchev–Trinajstić information content (AvgIpc) is 2.76. The van der Waals surface area contributed by atoms with Gasteiger partial charge >= 0.3 is 11.8 Å². The topological polar surface area (TPSA) is 67.7 Å². The number of nitrogens with one attached hydrogen (secondary N) is 2. The highest BCUT2D eigenvalue weighted by Gasteiger charge is 2.40. The van der Waals surface area contributed by atoms with E-state index < -0.39 is 11.7 Å². The number of imide groups is 1. The van der Waals surface area contributed by atoms with E-state index in [1.54, 1.807) is 31.2 Å². The van der Waals surface area contributed by atoms with Crippen molar-refractivity contribution in [2.45, 2.75) is 13.3 Å². The fraction of sp³-hybridized carbons (Fsp3) is 0.167. The normalized spacial score (nSPS) is 16.2. The third-order valence-corrected chi connectivity index (χ3v) is 4.05. The molecule has 2 aromatic carbocycles. The molecule has 1 unspecified atom stereocenters. The van der Waals surface area contributed by atoms with E-state index in [1.807, 2.05) is 0 Å². The molecule has 0 saturated carbocycles. The van der Waals surface area contributed by atoms with Crippen LogP contribution in [0, 0.1) is 12.7 Å². The van der Waals surface area contributed by atoms with Crippen molar-refractivity contribution in [1.82, 2.24) is 0 Å². The molecule has 0 fully saturated rings. The summed E-state index contributed by atoms with van der Waals surface area (Å²) in [5.74, 6) is -1.62. The summed E-state index contributed by atoms with van der Waals surface area (Å²) in [6, 6.07) is 9.36. The minimum absolute atomic E-state index is 0.0864. The third-order valence-electron chi connectivity index (χ3n) is 4.05. The van der Waals surface area contributed by atoms with Crippen LogP contribution in [0.15, 0.2) is 36.4 Å². The summed E-state index contributed by atoms with van der Waals surface area (Å²) in [6.07, 6.45) is -0.108. The summed E-state index contributed by atoms with van der Waals surface area (Å²) in [4.78, 5) is 36.6. The van der Waals surface area contributed by atoms with E-state index in [9.17, 15) is 18.8 Å². The fourth-order valence-corrected chi connectivity index (χ4v) is 2.79. The molecule has 3 rings (SSSR count). The monoisotopic (exact) mass is 327 g/mol. The first-order chi connectivity index (χ1) is 11.4. The van der Waals surface area contributed by atoms with E-state index in [0.717, 1.165) is 5.56 Å². The first-order valence-corrected chi connectivity index (χ1v) is 7.49. The molecule has 122 valence electrons. The van der Waals surface area contributed by atoms with Crippen molar-refractivity contribution >= 4 is 23.4 Å². The van der Waals surface area contributed by atoms with Gasteiger partial charge in [0, 0.05) is 0 Å². The Morgan fingerprint density at radius 3 is 2.62 bits per heavy atom. The standard InChI is InChI=1S/C18H15FN2O3/c1-10-6-7-14(13(19)8-10)20-15(22)9-11-4-3-5-12-16(11)18(24)21(2)17(12)23/h3-8H,9H2,1-2H3,(H,20,22)/p+1. The third kappa shape index (κ3) is 2.72. The van der Waals surface area contributed by atoms with Gasteiger partial charge in [0.15, 0.2) is 0 Å².